The van der Waals surface area contributed by atoms with Crippen molar-refractivity contribution in [2.45, 2.75) is 25.8 Å². The molecule has 1 aromatic rings. The van der Waals surface area contributed by atoms with Crippen LogP contribution in [-0.4, -0.2) is 17.0 Å². The lowest BCUT2D eigenvalue weighted by molar-refractivity contribution is -0.149. The predicted octanol–water partition coefficient (Wildman–Crippen LogP) is 2.19. The van der Waals surface area contributed by atoms with Crippen LogP contribution in [0.1, 0.15) is 24.8 Å². The van der Waals surface area contributed by atoms with Crippen LogP contribution in [0.15, 0.2) is 24.3 Å². The summed E-state index contributed by atoms with van der Waals surface area (Å²) in [6.45, 7) is 0.305. The number of aliphatic carboxylic acids is 1. The number of nitrogens with one attached hydrogen (secondary N) is 1. The summed E-state index contributed by atoms with van der Waals surface area (Å²) < 4.78 is 12.8. The first-order valence-electron chi connectivity index (χ1n) is 7.31. The highest BCUT2D eigenvalue weighted by atomic mass is 19.1. The predicted molar refractivity (Wildman–Crippen MR) is 73.7 cm³/mol. The van der Waals surface area contributed by atoms with Crippen molar-refractivity contribution < 1.29 is 19.1 Å². The highest BCUT2D eigenvalue weighted by molar-refractivity contribution is 5.86. The quantitative estimate of drug-likeness (QED) is 0.893. The molecule has 112 valence electrons. The normalized spacial score (nSPS) is 30.3. The van der Waals surface area contributed by atoms with Crippen LogP contribution >= 0.6 is 0 Å². The van der Waals surface area contributed by atoms with E-state index in [1.54, 1.807) is 12.1 Å². The fraction of sp³-hybridized carbons (Fsp3) is 0.500. The minimum atomic E-state index is -0.857. The van der Waals surface area contributed by atoms with Crippen LogP contribution in [0.5, 0.6) is 0 Å². The summed E-state index contributed by atoms with van der Waals surface area (Å²) in [6.07, 6.45) is 2.72. The maximum Gasteiger partial charge on any atom is 0.307 e. The van der Waals surface area contributed by atoms with Crippen LogP contribution in [0.4, 0.5) is 4.39 Å². The molecule has 1 aromatic carbocycles. The van der Waals surface area contributed by atoms with Crippen LogP contribution in [0, 0.1) is 29.5 Å². The van der Waals surface area contributed by atoms with Crippen molar-refractivity contribution in [3.8, 4) is 0 Å². The summed E-state index contributed by atoms with van der Waals surface area (Å²) in [6, 6.07) is 5.92. The zero-order chi connectivity index (χ0) is 15.0. The highest BCUT2D eigenvalue weighted by Gasteiger charge is 2.53. The SMILES string of the molecule is O=C(O)[C@H]1[C@@H]2CC[C@@H](C2)[C@@H]1C(=O)NCc1ccc(F)cc1. The molecule has 21 heavy (non-hydrogen) atoms. The second-order valence-electron chi connectivity index (χ2n) is 6.07. The number of carboxylic acid groups (broad SMARTS) is 1. The molecular weight excluding hydrogens is 273 g/mol. The molecule has 0 saturated heterocycles. The lowest BCUT2D eigenvalue weighted by Gasteiger charge is -2.27. The first kappa shape index (κ1) is 14.0. The van der Waals surface area contributed by atoms with Crippen molar-refractivity contribution in [3.05, 3.63) is 35.6 Å². The van der Waals surface area contributed by atoms with Gasteiger partial charge in [0.1, 0.15) is 5.82 Å². The van der Waals surface area contributed by atoms with Crippen molar-refractivity contribution in [2.24, 2.45) is 23.7 Å². The first-order valence-corrected chi connectivity index (χ1v) is 7.31. The Bertz CT molecular complexity index is 557. The van der Waals surface area contributed by atoms with Crippen molar-refractivity contribution >= 4 is 11.9 Å². The lowest BCUT2D eigenvalue weighted by Crippen LogP contribution is -2.41. The number of carbonyl (C=O) groups is 2. The second-order valence-corrected chi connectivity index (χ2v) is 6.07. The standard InChI is InChI=1S/C16H18FNO3/c17-12-5-1-9(2-6-12)8-18-15(19)13-10-3-4-11(7-10)14(13)16(20)21/h1-2,5-6,10-11,13-14H,3-4,7-8H2,(H,18,19)(H,20,21)/t10-,11+,13-,14-/m0/s1. The first-order chi connectivity index (χ1) is 10.1. The molecule has 4 nitrogen and oxygen atoms in total. The number of benzene rings is 1. The van der Waals surface area contributed by atoms with E-state index in [-0.39, 0.29) is 23.6 Å². The van der Waals surface area contributed by atoms with Crippen LogP contribution in [0.2, 0.25) is 0 Å². The van der Waals surface area contributed by atoms with E-state index >= 15 is 0 Å². The summed E-state index contributed by atoms with van der Waals surface area (Å²) in [4.78, 5) is 23.7. The molecule has 5 heteroatoms. The molecule has 2 saturated carbocycles. The van der Waals surface area contributed by atoms with Gasteiger partial charge in [-0.05, 0) is 48.8 Å². The number of hydrogen-bond donors (Lipinski definition) is 2. The molecule has 2 aliphatic rings. The molecule has 0 heterocycles. The summed E-state index contributed by atoms with van der Waals surface area (Å²) in [5, 5.41) is 12.2. The number of halogens is 1. The number of amides is 1. The molecule has 1 amide bonds. The number of carboxylic acids is 1. The Morgan fingerprint density at radius 3 is 2.38 bits per heavy atom. The highest BCUT2D eigenvalue weighted by Crippen LogP contribution is 2.52. The van der Waals surface area contributed by atoms with Gasteiger partial charge in [-0.25, -0.2) is 4.39 Å². The maximum absolute atomic E-state index is 12.8. The van der Waals surface area contributed by atoms with Crippen molar-refractivity contribution in [3.63, 3.8) is 0 Å². The minimum absolute atomic E-state index is 0.147. The summed E-state index contributed by atoms with van der Waals surface area (Å²) in [7, 11) is 0. The molecule has 0 radical (unpaired) electrons. The van der Waals surface area contributed by atoms with Crippen LogP contribution in [0.3, 0.4) is 0 Å². The molecule has 3 rings (SSSR count). The molecule has 0 aliphatic heterocycles. The van der Waals surface area contributed by atoms with Gasteiger partial charge in [0, 0.05) is 6.54 Å². The Morgan fingerprint density at radius 1 is 1.14 bits per heavy atom. The van der Waals surface area contributed by atoms with E-state index in [0.717, 1.165) is 24.8 Å². The second kappa shape index (κ2) is 5.47. The number of carbonyl (C=O) groups excluding carboxylic acids is 1. The number of rotatable bonds is 4. The Hall–Kier alpha value is -1.91. The van der Waals surface area contributed by atoms with Crippen LogP contribution < -0.4 is 5.32 Å². The third-order valence-electron chi connectivity index (χ3n) is 4.88. The zero-order valence-corrected chi connectivity index (χ0v) is 11.6. The van der Waals surface area contributed by atoms with E-state index in [1.165, 1.54) is 12.1 Å². The third-order valence-corrected chi connectivity index (χ3v) is 4.88. The summed E-state index contributed by atoms with van der Waals surface area (Å²) in [5.41, 5.74) is 0.805. The van der Waals surface area contributed by atoms with E-state index in [0.29, 0.717) is 6.54 Å². The van der Waals surface area contributed by atoms with Gasteiger partial charge in [0.15, 0.2) is 0 Å². The Labute approximate surface area is 122 Å². The van der Waals surface area contributed by atoms with Crippen LogP contribution in [-0.2, 0) is 16.1 Å². The molecule has 0 unspecified atom stereocenters. The number of fused-ring (bicyclic) bond motifs is 2. The topological polar surface area (TPSA) is 66.4 Å². The van der Waals surface area contributed by atoms with Gasteiger partial charge in [-0.2, -0.15) is 0 Å². The van der Waals surface area contributed by atoms with Gasteiger partial charge < -0.3 is 10.4 Å². The fourth-order valence-corrected chi connectivity index (χ4v) is 3.93. The maximum atomic E-state index is 12.8. The molecule has 2 N–H and O–H groups in total. The van der Waals surface area contributed by atoms with Crippen molar-refractivity contribution in [2.75, 3.05) is 0 Å². The Morgan fingerprint density at radius 2 is 1.76 bits per heavy atom. The Balaban J connectivity index is 1.64. The van der Waals surface area contributed by atoms with E-state index in [4.69, 9.17) is 0 Å². The largest absolute Gasteiger partial charge is 0.481 e. The van der Waals surface area contributed by atoms with E-state index < -0.39 is 17.8 Å². The fourth-order valence-electron chi connectivity index (χ4n) is 3.93. The third kappa shape index (κ3) is 2.64. The van der Waals surface area contributed by atoms with Gasteiger partial charge >= 0.3 is 5.97 Å². The average Bonchev–Trinajstić information content (AvgIpc) is 3.06. The van der Waals surface area contributed by atoms with E-state index in [2.05, 4.69) is 5.32 Å². The molecular formula is C16H18FNO3. The molecule has 2 bridgehead atoms. The lowest BCUT2D eigenvalue weighted by atomic mass is 9.78. The van der Waals surface area contributed by atoms with Crippen LogP contribution in [0.25, 0.3) is 0 Å². The molecule has 0 aromatic heterocycles. The minimum Gasteiger partial charge on any atom is -0.481 e. The zero-order valence-electron chi connectivity index (χ0n) is 11.6. The van der Waals surface area contributed by atoms with Gasteiger partial charge in [-0.3, -0.25) is 9.59 Å². The monoisotopic (exact) mass is 291 g/mol. The number of hydrogen-bond acceptors (Lipinski definition) is 2. The van der Waals surface area contributed by atoms with E-state index in [9.17, 15) is 19.1 Å². The summed E-state index contributed by atoms with van der Waals surface area (Å²) >= 11 is 0. The average molecular weight is 291 g/mol. The van der Waals surface area contributed by atoms with Gasteiger partial charge in [-0.1, -0.05) is 12.1 Å². The molecule has 0 spiro atoms. The molecule has 4 atom stereocenters. The van der Waals surface area contributed by atoms with E-state index in [1.807, 2.05) is 0 Å². The molecule has 2 aliphatic carbocycles. The van der Waals surface area contributed by atoms with Gasteiger partial charge in [0.2, 0.25) is 5.91 Å². The van der Waals surface area contributed by atoms with Crippen molar-refractivity contribution in [1.29, 1.82) is 0 Å². The summed E-state index contributed by atoms with van der Waals surface area (Å²) in [5.74, 6) is -1.97. The smallest absolute Gasteiger partial charge is 0.307 e. The Kier molecular flexibility index (Phi) is 3.66. The van der Waals surface area contributed by atoms with Gasteiger partial charge in [-0.15, -0.1) is 0 Å². The van der Waals surface area contributed by atoms with Crippen molar-refractivity contribution in [1.82, 2.24) is 5.32 Å². The van der Waals surface area contributed by atoms with Gasteiger partial charge in [0.05, 0.1) is 11.8 Å². The van der Waals surface area contributed by atoms with Gasteiger partial charge in [0.25, 0.3) is 0 Å². The molecule has 2 fully saturated rings.